The summed E-state index contributed by atoms with van der Waals surface area (Å²) in [6.45, 7) is 11.3. The Morgan fingerprint density at radius 2 is 1.67 bits per heavy atom. The lowest BCUT2D eigenvalue weighted by molar-refractivity contribution is -0.141. The fraction of sp³-hybridized carbons (Fsp3) is 0.429. The zero-order valence-corrected chi connectivity index (χ0v) is 17.8. The first kappa shape index (κ1) is 23.1. The van der Waals surface area contributed by atoms with Crippen LogP contribution in [-0.4, -0.2) is 22.4 Å². The predicted molar refractivity (Wildman–Crippen MR) is 107 cm³/mol. The Labute approximate surface area is 173 Å². The summed E-state index contributed by atoms with van der Waals surface area (Å²) >= 11 is 0. The van der Waals surface area contributed by atoms with Crippen LogP contribution in [0.5, 0.6) is 0 Å². The maximum absolute atomic E-state index is 13.3. The molecule has 30 heavy (non-hydrogen) atoms. The number of halogens is 3. The minimum Gasteiger partial charge on any atom is -0.267 e. The van der Waals surface area contributed by atoms with Gasteiger partial charge in [0.2, 0.25) is 5.82 Å². The summed E-state index contributed by atoms with van der Waals surface area (Å²) in [6.07, 6.45) is -4.76. The van der Waals surface area contributed by atoms with Crippen molar-refractivity contribution in [3.05, 3.63) is 52.0 Å². The number of nitrogens with zero attached hydrogens (tertiary/aromatic N) is 4. The van der Waals surface area contributed by atoms with E-state index >= 15 is 0 Å². The summed E-state index contributed by atoms with van der Waals surface area (Å²) in [7, 11) is 0. The Morgan fingerprint density at radius 3 is 2.13 bits per heavy atom. The van der Waals surface area contributed by atoms with Gasteiger partial charge in [0.15, 0.2) is 11.5 Å². The molecular weight excluding hydrogens is 395 g/mol. The van der Waals surface area contributed by atoms with Gasteiger partial charge in [0.05, 0.1) is 0 Å². The van der Waals surface area contributed by atoms with E-state index in [0.29, 0.717) is 5.56 Å². The van der Waals surface area contributed by atoms with E-state index in [-0.39, 0.29) is 12.4 Å². The second-order valence-electron chi connectivity index (χ2n) is 8.41. The molecule has 1 aromatic heterocycles. The summed E-state index contributed by atoms with van der Waals surface area (Å²) in [5, 5.41) is 10.3. The Morgan fingerprint density at radius 1 is 1.10 bits per heavy atom. The van der Waals surface area contributed by atoms with Gasteiger partial charge in [0.25, 0.3) is 5.91 Å². The summed E-state index contributed by atoms with van der Waals surface area (Å²) in [6, 6.07) is 5.98. The molecule has 1 amide bonds. The molecule has 0 saturated carbocycles. The summed E-state index contributed by atoms with van der Waals surface area (Å²) in [5.74, 6) is -1.31. The standard InChI is InChI=1S/C21H24F3N5O/c1-12-7-13(2)18(14(3)8-12)19(30)28-29(11-20(4,5)6)17-9-15(21(22,23)24)26-16(10-25)27-17/h7-9H,11H2,1-6H3,(H,28,30). The number of aryl methyl sites for hydroxylation is 3. The second kappa shape index (κ2) is 8.30. The molecule has 6 nitrogen and oxygen atoms in total. The smallest absolute Gasteiger partial charge is 0.267 e. The van der Waals surface area contributed by atoms with Crippen molar-refractivity contribution < 1.29 is 18.0 Å². The summed E-state index contributed by atoms with van der Waals surface area (Å²) in [4.78, 5) is 20.2. The molecule has 0 bridgehead atoms. The maximum atomic E-state index is 13.3. The van der Waals surface area contributed by atoms with Crippen LogP contribution in [0.25, 0.3) is 0 Å². The molecule has 0 atom stereocenters. The minimum atomic E-state index is -4.76. The molecule has 0 spiro atoms. The fourth-order valence-electron chi connectivity index (χ4n) is 3.14. The highest BCUT2D eigenvalue weighted by atomic mass is 19.4. The van der Waals surface area contributed by atoms with Crippen LogP contribution >= 0.6 is 0 Å². The van der Waals surface area contributed by atoms with Crippen molar-refractivity contribution in [1.29, 1.82) is 5.26 Å². The van der Waals surface area contributed by atoms with Gasteiger partial charge in [0, 0.05) is 18.2 Å². The number of amides is 1. The number of carbonyl (C=O) groups is 1. The van der Waals surface area contributed by atoms with Crippen LogP contribution in [0, 0.1) is 37.5 Å². The third-order valence-corrected chi connectivity index (χ3v) is 4.15. The molecule has 2 rings (SSSR count). The summed E-state index contributed by atoms with van der Waals surface area (Å²) < 4.78 is 39.8. The average molecular weight is 419 g/mol. The second-order valence-corrected chi connectivity index (χ2v) is 8.41. The monoisotopic (exact) mass is 419 g/mol. The van der Waals surface area contributed by atoms with Gasteiger partial charge in [-0.25, -0.2) is 4.98 Å². The minimum absolute atomic E-state index is 0.155. The lowest BCUT2D eigenvalue weighted by Crippen LogP contribution is -2.47. The normalized spacial score (nSPS) is 11.7. The van der Waals surface area contributed by atoms with Crippen molar-refractivity contribution in [3.63, 3.8) is 0 Å². The van der Waals surface area contributed by atoms with Crippen molar-refractivity contribution in [2.24, 2.45) is 5.41 Å². The average Bonchev–Trinajstić information content (AvgIpc) is 2.57. The van der Waals surface area contributed by atoms with Crippen LogP contribution in [-0.2, 0) is 6.18 Å². The molecule has 1 aromatic carbocycles. The molecule has 0 unspecified atom stereocenters. The zero-order chi connectivity index (χ0) is 22.9. The SMILES string of the molecule is Cc1cc(C)c(C(=O)NN(CC(C)(C)C)c2cc(C(F)(F)F)nc(C#N)n2)c(C)c1. The van der Waals surface area contributed by atoms with E-state index in [0.717, 1.165) is 22.8 Å². The van der Waals surface area contributed by atoms with Crippen molar-refractivity contribution >= 4 is 11.7 Å². The zero-order valence-electron chi connectivity index (χ0n) is 17.8. The van der Waals surface area contributed by atoms with Crippen LogP contribution in [0.3, 0.4) is 0 Å². The van der Waals surface area contributed by atoms with Crippen molar-refractivity contribution in [3.8, 4) is 6.07 Å². The predicted octanol–water partition coefficient (Wildman–Crippen LogP) is 4.49. The van der Waals surface area contributed by atoms with E-state index in [9.17, 15) is 18.0 Å². The number of nitriles is 1. The number of hydrogen-bond donors (Lipinski definition) is 1. The number of carbonyl (C=O) groups excluding carboxylic acids is 1. The third kappa shape index (κ3) is 5.69. The molecule has 0 saturated heterocycles. The van der Waals surface area contributed by atoms with Crippen LogP contribution in [0.4, 0.5) is 19.0 Å². The number of benzene rings is 1. The van der Waals surface area contributed by atoms with Crippen molar-refractivity contribution in [2.45, 2.75) is 47.7 Å². The number of alkyl halides is 3. The molecule has 0 aliphatic rings. The van der Waals surface area contributed by atoms with E-state index in [2.05, 4.69) is 15.4 Å². The van der Waals surface area contributed by atoms with Gasteiger partial charge >= 0.3 is 6.18 Å². The Kier molecular flexibility index (Phi) is 6.40. The first-order chi connectivity index (χ1) is 13.7. The molecule has 0 aliphatic carbocycles. The van der Waals surface area contributed by atoms with Crippen molar-refractivity contribution in [1.82, 2.24) is 15.4 Å². The van der Waals surface area contributed by atoms with Gasteiger partial charge in [-0.3, -0.25) is 15.2 Å². The number of rotatable bonds is 4. The van der Waals surface area contributed by atoms with Gasteiger partial charge in [-0.15, -0.1) is 0 Å². The number of hydrogen-bond acceptors (Lipinski definition) is 5. The van der Waals surface area contributed by atoms with E-state index in [4.69, 9.17) is 5.26 Å². The van der Waals surface area contributed by atoms with Crippen LogP contribution in [0.1, 0.15) is 59.3 Å². The topological polar surface area (TPSA) is 81.9 Å². The fourth-order valence-corrected chi connectivity index (χ4v) is 3.14. The Balaban J connectivity index is 2.53. The molecule has 160 valence electrons. The number of anilines is 1. The first-order valence-corrected chi connectivity index (χ1v) is 9.24. The van der Waals surface area contributed by atoms with Gasteiger partial charge in [-0.2, -0.15) is 23.4 Å². The maximum Gasteiger partial charge on any atom is 0.433 e. The highest BCUT2D eigenvalue weighted by Crippen LogP contribution is 2.30. The van der Waals surface area contributed by atoms with E-state index in [1.807, 2.05) is 39.8 Å². The molecule has 1 heterocycles. The van der Waals surface area contributed by atoms with Gasteiger partial charge in [0.1, 0.15) is 6.07 Å². The Hall–Kier alpha value is -3.15. The quantitative estimate of drug-likeness (QED) is 0.739. The molecule has 0 radical (unpaired) electrons. The Bertz CT molecular complexity index is 980. The molecule has 0 aliphatic heterocycles. The third-order valence-electron chi connectivity index (χ3n) is 4.15. The largest absolute Gasteiger partial charge is 0.433 e. The number of hydrazine groups is 1. The molecular formula is C21H24F3N5O. The molecule has 1 N–H and O–H groups in total. The van der Waals surface area contributed by atoms with Crippen LogP contribution in [0.2, 0.25) is 0 Å². The van der Waals surface area contributed by atoms with Gasteiger partial charge in [-0.05, 0) is 37.3 Å². The first-order valence-electron chi connectivity index (χ1n) is 9.24. The van der Waals surface area contributed by atoms with E-state index < -0.39 is 29.0 Å². The van der Waals surface area contributed by atoms with E-state index in [1.54, 1.807) is 19.9 Å². The molecule has 0 fully saturated rings. The lowest BCUT2D eigenvalue weighted by Gasteiger charge is -2.31. The molecule has 9 heteroatoms. The number of aromatic nitrogens is 2. The van der Waals surface area contributed by atoms with Gasteiger partial charge in [-0.1, -0.05) is 38.5 Å². The van der Waals surface area contributed by atoms with Crippen LogP contribution < -0.4 is 10.4 Å². The van der Waals surface area contributed by atoms with E-state index in [1.165, 1.54) is 5.01 Å². The summed E-state index contributed by atoms with van der Waals surface area (Å²) in [5.41, 5.74) is 3.94. The van der Waals surface area contributed by atoms with Gasteiger partial charge < -0.3 is 0 Å². The highest BCUT2D eigenvalue weighted by Gasteiger charge is 2.35. The van der Waals surface area contributed by atoms with Crippen molar-refractivity contribution in [2.75, 3.05) is 11.6 Å². The van der Waals surface area contributed by atoms with Crippen LogP contribution in [0.15, 0.2) is 18.2 Å². The molecule has 2 aromatic rings. The highest BCUT2D eigenvalue weighted by molar-refractivity contribution is 5.97. The number of nitrogens with one attached hydrogen (secondary N) is 1. The lowest BCUT2D eigenvalue weighted by atomic mass is 9.96.